The molecule has 1 saturated carbocycles. The lowest BCUT2D eigenvalue weighted by Crippen LogP contribution is -2.40. The van der Waals surface area contributed by atoms with Crippen molar-refractivity contribution in [3.8, 4) is 0 Å². The van der Waals surface area contributed by atoms with Crippen molar-refractivity contribution in [2.45, 2.75) is 52.2 Å². The lowest BCUT2D eigenvalue weighted by molar-refractivity contribution is 0.0527. The van der Waals surface area contributed by atoms with Crippen LogP contribution in [0.5, 0.6) is 0 Å². The van der Waals surface area contributed by atoms with Gasteiger partial charge in [-0.3, -0.25) is 4.99 Å². The van der Waals surface area contributed by atoms with E-state index in [0.29, 0.717) is 12.6 Å². The molecule has 3 N–H and O–H groups in total. The van der Waals surface area contributed by atoms with Gasteiger partial charge in [0.25, 0.3) is 0 Å². The van der Waals surface area contributed by atoms with Gasteiger partial charge in [-0.1, -0.05) is 6.92 Å². The molecule has 0 heterocycles. The average Bonchev–Trinajstić information content (AvgIpc) is 3.00. The number of nitrogens with zero attached hydrogens (tertiary/aromatic N) is 1. The first-order valence-corrected chi connectivity index (χ1v) is 7.26. The van der Waals surface area contributed by atoms with Crippen LogP contribution in [0.15, 0.2) is 4.99 Å². The van der Waals surface area contributed by atoms with Crippen LogP contribution in [0, 0.1) is 5.92 Å². The normalized spacial score (nSPS) is 21.1. The molecule has 1 aliphatic rings. The van der Waals surface area contributed by atoms with E-state index in [-0.39, 0.29) is 30.1 Å². The summed E-state index contributed by atoms with van der Waals surface area (Å²) >= 11 is 0. The zero-order chi connectivity index (χ0) is 15.2. The quantitative estimate of drug-likeness (QED) is 0.280. The molecule has 1 rings (SSSR count). The Morgan fingerprint density at radius 3 is 2.33 bits per heavy atom. The van der Waals surface area contributed by atoms with Crippen LogP contribution in [-0.2, 0) is 4.74 Å². The topological polar surface area (TPSA) is 74.8 Å². The van der Waals surface area contributed by atoms with E-state index >= 15 is 0 Å². The zero-order valence-electron chi connectivity index (χ0n) is 13.7. The lowest BCUT2D eigenvalue weighted by Gasteiger charge is -2.19. The number of rotatable bonds is 5. The minimum absolute atomic E-state index is 0. The van der Waals surface area contributed by atoms with Crippen molar-refractivity contribution >= 4 is 36.0 Å². The Morgan fingerprint density at radius 1 is 1.29 bits per heavy atom. The molecule has 1 amide bonds. The fourth-order valence-electron chi connectivity index (χ4n) is 1.69. The Bertz CT molecular complexity index is 355. The molecule has 1 fully saturated rings. The minimum Gasteiger partial charge on any atom is -0.444 e. The zero-order valence-corrected chi connectivity index (χ0v) is 16.0. The summed E-state index contributed by atoms with van der Waals surface area (Å²) < 4.78 is 5.15. The number of carbonyl (C=O) groups is 1. The molecule has 1 aliphatic carbocycles. The third-order valence-electron chi connectivity index (χ3n) is 2.97. The Kier molecular flexibility index (Phi) is 9.00. The number of guanidine groups is 1. The highest BCUT2D eigenvalue weighted by molar-refractivity contribution is 14.0. The fourth-order valence-corrected chi connectivity index (χ4v) is 1.69. The van der Waals surface area contributed by atoms with Crippen molar-refractivity contribution in [1.29, 1.82) is 0 Å². The van der Waals surface area contributed by atoms with E-state index in [9.17, 15) is 4.79 Å². The summed E-state index contributed by atoms with van der Waals surface area (Å²) in [7, 11) is 1.77. The van der Waals surface area contributed by atoms with Gasteiger partial charge in [0.05, 0.1) is 0 Å². The van der Waals surface area contributed by atoms with Crippen LogP contribution in [0.3, 0.4) is 0 Å². The van der Waals surface area contributed by atoms with Crippen molar-refractivity contribution < 1.29 is 9.53 Å². The number of ether oxygens (including phenoxy) is 1. The summed E-state index contributed by atoms with van der Waals surface area (Å²) in [6.07, 6.45) is 1.66. The van der Waals surface area contributed by atoms with Crippen molar-refractivity contribution in [3.63, 3.8) is 0 Å². The molecule has 7 heteroatoms. The molecule has 2 atom stereocenters. The first kappa shape index (κ1) is 20.3. The standard InChI is InChI=1S/C14H28N4O2.HI/c1-10-9-11(10)18-12(15-5)16-7-6-8-17-13(19)20-14(2,3)4;/h10-11H,6-9H2,1-5H3,(H,17,19)(H2,15,16,18);1H. The predicted octanol–water partition coefficient (Wildman–Crippen LogP) is 2.09. The van der Waals surface area contributed by atoms with E-state index in [1.807, 2.05) is 20.8 Å². The highest BCUT2D eigenvalue weighted by Crippen LogP contribution is 2.28. The van der Waals surface area contributed by atoms with Gasteiger partial charge in [0, 0.05) is 26.2 Å². The summed E-state index contributed by atoms with van der Waals surface area (Å²) in [5, 5.41) is 9.31. The highest BCUT2D eigenvalue weighted by atomic mass is 127. The summed E-state index contributed by atoms with van der Waals surface area (Å²) in [4.78, 5) is 15.6. The number of amides is 1. The SMILES string of the molecule is CN=C(NCCCNC(=O)OC(C)(C)C)NC1CC1C.I. The van der Waals surface area contributed by atoms with Gasteiger partial charge in [-0.15, -0.1) is 24.0 Å². The molecule has 0 aromatic rings. The maximum atomic E-state index is 11.4. The average molecular weight is 412 g/mol. The van der Waals surface area contributed by atoms with Gasteiger partial charge in [-0.25, -0.2) is 4.79 Å². The fraction of sp³-hybridized carbons (Fsp3) is 0.857. The van der Waals surface area contributed by atoms with Gasteiger partial charge < -0.3 is 20.7 Å². The number of hydrogen-bond donors (Lipinski definition) is 3. The molecule has 0 aromatic heterocycles. The van der Waals surface area contributed by atoms with E-state index < -0.39 is 5.60 Å². The van der Waals surface area contributed by atoms with Gasteiger partial charge >= 0.3 is 6.09 Å². The predicted molar refractivity (Wildman–Crippen MR) is 96.3 cm³/mol. The highest BCUT2D eigenvalue weighted by Gasteiger charge is 2.33. The Morgan fingerprint density at radius 2 is 1.86 bits per heavy atom. The summed E-state index contributed by atoms with van der Waals surface area (Å²) in [5.41, 5.74) is -0.449. The second-order valence-corrected chi connectivity index (χ2v) is 6.25. The van der Waals surface area contributed by atoms with Gasteiger partial charge in [0.15, 0.2) is 5.96 Å². The van der Waals surface area contributed by atoms with Crippen molar-refractivity contribution in [3.05, 3.63) is 0 Å². The molecule has 21 heavy (non-hydrogen) atoms. The van der Waals surface area contributed by atoms with Crippen LogP contribution in [-0.4, -0.2) is 43.8 Å². The molecular weight excluding hydrogens is 383 g/mol. The summed E-state index contributed by atoms with van der Waals surface area (Å²) in [6.45, 7) is 9.11. The number of alkyl carbamates (subject to hydrolysis) is 1. The number of halogens is 1. The molecule has 0 aromatic carbocycles. The molecule has 0 aliphatic heterocycles. The minimum atomic E-state index is -0.449. The van der Waals surface area contributed by atoms with Crippen LogP contribution < -0.4 is 16.0 Å². The molecule has 2 unspecified atom stereocenters. The number of hydrogen-bond acceptors (Lipinski definition) is 3. The van der Waals surface area contributed by atoms with Gasteiger partial charge in [-0.2, -0.15) is 0 Å². The third kappa shape index (κ3) is 9.76. The van der Waals surface area contributed by atoms with E-state index in [1.54, 1.807) is 7.05 Å². The molecule has 6 nitrogen and oxygen atoms in total. The number of aliphatic imine (C=N–C) groups is 1. The van der Waals surface area contributed by atoms with Crippen LogP contribution in [0.4, 0.5) is 4.79 Å². The molecular formula is C14H29IN4O2. The molecule has 0 radical (unpaired) electrons. The maximum absolute atomic E-state index is 11.4. The Balaban J connectivity index is 0.00000400. The summed E-state index contributed by atoms with van der Waals surface area (Å²) in [6, 6.07) is 0.557. The molecule has 0 saturated heterocycles. The number of carbonyl (C=O) groups excluding carboxylic acids is 1. The molecule has 0 bridgehead atoms. The third-order valence-corrected chi connectivity index (χ3v) is 2.97. The second-order valence-electron chi connectivity index (χ2n) is 6.25. The van der Waals surface area contributed by atoms with E-state index in [2.05, 4.69) is 27.9 Å². The van der Waals surface area contributed by atoms with Crippen LogP contribution in [0.2, 0.25) is 0 Å². The van der Waals surface area contributed by atoms with E-state index in [1.165, 1.54) is 6.42 Å². The molecule has 124 valence electrons. The van der Waals surface area contributed by atoms with Crippen LogP contribution in [0.1, 0.15) is 40.5 Å². The largest absolute Gasteiger partial charge is 0.444 e. The lowest BCUT2D eigenvalue weighted by atomic mass is 10.2. The monoisotopic (exact) mass is 412 g/mol. The first-order valence-electron chi connectivity index (χ1n) is 7.26. The van der Waals surface area contributed by atoms with E-state index in [0.717, 1.165) is 24.8 Å². The Labute approximate surface area is 144 Å². The maximum Gasteiger partial charge on any atom is 0.407 e. The van der Waals surface area contributed by atoms with Crippen LogP contribution in [0.25, 0.3) is 0 Å². The van der Waals surface area contributed by atoms with Crippen molar-refractivity contribution in [1.82, 2.24) is 16.0 Å². The van der Waals surface area contributed by atoms with Gasteiger partial charge in [-0.05, 0) is 39.5 Å². The Hall–Kier alpha value is -0.730. The van der Waals surface area contributed by atoms with E-state index in [4.69, 9.17) is 4.74 Å². The second kappa shape index (κ2) is 9.32. The smallest absolute Gasteiger partial charge is 0.407 e. The van der Waals surface area contributed by atoms with Crippen molar-refractivity contribution in [2.75, 3.05) is 20.1 Å². The first-order chi connectivity index (χ1) is 9.31. The summed E-state index contributed by atoms with van der Waals surface area (Å²) in [5.74, 6) is 1.57. The number of nitrogens with one attached hydrogen (secondary N) is 3. The molecule has 0 spiro atoms. The van der Waals surface area contributed by atoms with Crippen LogP contribution >= 0.6 is 24.0 Å². The van der Waals surface area contributed by atoms with Gasteiger partial charge in [0.2, 0.25) is 0 Å². The van der Waals surface area contributed by atoms with Crippen molar-refractivity contribution in [2.24, 2.45) is 10.9 Å². The van der Waals surface area contributed by atoms with Gasteiger partial charge in [0.1, 0.15) is 5.60 Å².